The van der Waals surface area contributed by atoms with Gasteiger partial charge in [0, 0.05) is 16.8 Å². The zero-order valence-electron chi connectivity index (χ0n) is 9.08. The van der Waals surface area contributed by atoms with E-state index in [0.717, 1.165) is 10.3 Å². The maximum absolute atomic E-state index is 11.7. The van der Waals surface area contributed by atoms with Gasteiger partial charge >= 0.3 is 0 Å². The summed E-state index contributed by atoms with van der Waals surface area (Å²) in [5, 5.41) is 6.42. The summed E-state index contributed by atoms with van der Waals surface area (Å²) in [5.41, 5.74) is 0.518. The number of aryl methyl sites for hydroxylation is 1. The molecule has 1 amide bonds. The van der Waals surface area contributed by atoms with Crippen LogP contribution in [0.15, 0.2) is 5.38 Å². The van der Waals surface area contributed by atoms with Crippen LogP contribution in [-0.4, -0.2) is 22.3 Å². The molecular weight excluding hydrogens is 276 g/mol. The van der Waals surface area contributed by atoms with Crippen LogP contribution in [0.2, 0.25) is 0 Å². The summed E-state index contributed by atoms with van der Waals surface area (Å²) in [7, 11) is 0. The summed E-state index contributed by atoms with van der Waals surface area (Å²) in [6.45, 7) is 6.06. The fraction of sp³-hybridized carbons (Fsp3) is 0.600. The van der Waals surface area contributed by atoms with E-state index in [9.17, 15) is 4.79 Å². The maximum atomic E-state index is 11.7. The van der Waals surface area contributed by atoms with Gasteiger partial charge in [0.1, 0.15) is 5.69 Å². The third-order valence-electron chi connectivity index (χ3n) is 2.14. The van der Waals surface area contributed by atoms with E-state index in [1.807, 2.05) is 6.92 Å². The molecule has 0 fully saturated rings. The number of thiazole rings is 1. The van der Waals surface area contributed by atoms with E-state index < -0.39 is 0 Å². The molecule has 1 N–H and O–H groups in total. The van der Waals surface area contributed by atoms with E-state index in [1.165, 1.54) is 11.3 Å². The first kappa shape index (κ1) is 12.6. The maximum Gasteiger partial charge on any atom is 0.271 e. The number of hydrogen-bond acceptors (Lipinski definition) is 3. The van der Waals surface area contributed by atoms with Crippen LogP contribution in [0.25, 0.3) is 0 Å². The first-order chi connectivity index (χ1) is 7.04. The van der Waals surface area contributed by atoms with Gasteiger partial charge in [-0.3, -0.25) is 4.79 Å². The van der Waals surface area contributed by atoms with Gasteiger partial charge in [0.05, 0.1) is 5.01 Å². The van der Waals surface area contributed by atoms with Gasteiger partial charge in [0.15, 0.2) is 0 Å². The van der Waals surface area contributed by atoms with Gasteiger partial charge in [-0.2, -0.15) is 0 Å². The first-order valence-electron chi connectivity index (χ1n) is 4.83. The molecule has 0 spiro atoms. The molecule has 0 aromatic carbocycles. The van der Waals surface area contributed by atoms with Gasteiger partial charge in [-0.15, -0.1) is 11.3 Å². The lowest BCUT2D eigenvalue weighted by Crippen LogP contribution is -2.39. The molecule has 0 aliphatic rings. The molecule has 0 saturated heterocycles. The average molecular weight is 291 g/mol. The Labute approximate surface area is 102 Å². The molecule has 3 nitrogen and oxygen atoms in total. The number of hydrogen-bond donors (Lipinski definition) is 1. The van der Waals surface area contributed by atoms with E-state index in [0.29, 0.717) is 11.6 Å². The Morgan fingerprint density at radius 3 is 2.73 bits per heavy atom. The second-order valence-corrected chi connectivity index (χ2v) is 5.44. The standard InChI is InChI=1S/C10H15BrN2OS/c1-6(2)8(4-11)13-10(14)9-5-15-7(3)12-9/h5-6,8H,4H2,1-3H3,(H,13,14). The normalized spacial score (nSPS) is 12.9. The van der Waals surface area contributed by atoms with Crippen LogP contribution in [0.5, 0.6) is 0 Å². The Hall–Kier alpha value is -0.420. The van der Waals surface area contributed by atoms with E-state index in [2.05, 4.69) is 40.1 Å². The quantitative estimate of drug-likeness (QED) is 0.866. The molecule has 84 valence electrons. The van der Waals surface area contributed by atoms with E-state index >= 15 is 0 Å². The molecule has 0 aliphatic carbocycles. The summed E-state index contributed by atoms with van der Waals surface area (Å²) < 4.78 is 0. The molecule has 1 heterocycles. The number of nitrogens with zero attached hydrogens (tertiary/aromatic N) is 1. The van der Waals surface area contributed by atoms with Crippen molar-refractivity contribution in [2.45, 2.75) is 26.8 Å². The van der Waals surface area contributed by atoms with Gasteiger partial charge in [0.2, 0.25) is 0 Å². The molecule has 1 rings (SSSR count). The monoisotopic (exact) mass is 290 g/mol. The van der Waals surface area contributed by atoms with Crippen LogP contribution in [0, 0.1) is 12.8 Å². The number of alkyl halides is 1. The third kappa shape index (κ3) is 3.57. The molecular formula is C10H15BrN2OS. The highest BCUT2D eigenvalue weighted by molar-refractivity contribution is 9.09. The molecule has 1 atom stereocenters. The number of amides is 1. The number of rotatable bonds is 4. The number of halogens is 1. The van der Waals surface area contributed by atoms with Crippen LogP contribution in [0.4, 0.5) is 0 Å². The predicted molar refractivity (Wildman–Crippen MR) is 66.7 cm³/mol. The van der Waals surface area contributed by atoms with E-state index in [4.69, 9.17) is 0 Å². The van der Waals surface area contributed by atoms with Gasteiger partial charge in [-0.05, 0) is 12.8 Å². The molecule has 15 heavy (non-hydrogen) atoms. The van der Waals surface area contributed by atoms with Crippen molar-refractivity contribution in [1.29, 1.82) is 0 Å². The molecule has 0 radical (unpaired) electrons. The van der Waals surface area contributed by atoms with Crippen molar-refractivity contribution in [2.24, 2.45) is 5.92 Å². The largest absolute Gasteiger partial charge is 0.347 e. The molecule has 0 saturated carbocycles. The average Bonchev–Trinajstić information content (AvgIpc) is 2.60. The minimum absolute atomic E-state index is 0.0856. The highest BCUT2D eigenvalue weighted by atomic mass is 79.9. The fourth-order valence-corrected chi connectivity index (χ4v) is 2.60. The lowest BCUT2D eigenvalue weighted by Gasteiger charge is -2.19. The predicted octanol–water partition coefficient (Wildman–Crippen LogP) is 2.60. The highest BCUT2D eigenvalue weighted by Crippen LogP contribution is 2.10. The molecule has 1 aromatic rings. The van der Waals surface area contributed by atoms with Crippen molar-refractivity contribution >= 4 is 33.2 Å². The molecule has 1 aromatic heterocycles. The SMILES string of the molecule is Cc1nc(C(=O)NC(CBr)C(C)C)cs1. The fourth-order valence-electron chi connectivity index (χ4n) is 1.09. The Balaban J connectivity index is 2.62. The second kappa shape index (κ2) is 5.61. The number of carbonyl (C=O) groups excluding carboxylic acids is 1. The molecule has 1 unspecified atom stereocenters. The Morgan fingerprint density at radius 1 is 1.67 bits per heavy atom. The van der Waals surface area contributed by atoms with Gasteiger partial charge in [-0.25, -0.2) is 4.98 Å². The third-order valence-corrected chi connectivity index (χ3v) is 3.61. The van der Waals surface area contributed by atoms with Crippen molar-refractivity contribution in [3.8, 4) is 0 Å². The van der Waals surface area contributed by atoms with Gasteiger partial charge in [0.25, 0.3) is 5.91 Å². The van der Waals surface area contributed by atoms with Crippen LogP contribution >= 0.6 is 27.3 Å². The number of carbonyl (C=O) groups is 1. The zero-order chi connectivity index (χ0) is 11.4. The molecule has 0 bridgehead atoms. The summed E-state index contributed by atoms with van der Waals surface area (Å²) in [6, 6.07) is 0.152. The van der Waals surface area contributed by atoms with Crippen molar-refractivity contribution in [1.82, 2.24) is 10.3 Å². The van der Waals surface area contributed by atoms with Crippen LogP contribution < -0.4 is 5.32 Å². The van der Waals surface area contributed by atoms with E-state index in [-0.39, 0.29) is 11.9 Å². The Bertz CT molecular complexity index is 338. The second-order valence-electron chi connectivity index (χ2n) is 3.73. The summed E-state index contributed by atoms with van der Waals surface area (Å²) >= 11 is 4.88. The zero-order valence-corrected chi connectivity index (χ0v) is 11.5. The highest BCUT2D eigenvalue weighted by Gasteiger charge is 2.17. The summed E-state index contributed by atoms with van der Waals surface area (Å²) in [4.78, 5) is 15.9. The molecule has 5 heteroatoms. The van der Waals surface area contributed by atoms with Crippen molar-refractivity contribution in [3.63, 3.8) is 0 Å². The lowest BCUT2D eigenvalue weighted by molar-refractivity contribution is 0.0927. The van der Waals surface area contributed by atoms with Crippen molar-refractivity contribution in [3.05, 3.63) is 16.1 Å². The Kier molecular flexibility index (Phi) is 4.73. The summed E-state index contributed by atoms with van der Waals surface area (Å²) in [5.74, 6) is 0.325. The van der Waals surface area contributed by atoms with E-state index in [1.54, 1.807) is 5.38 Å². The lowest BCUT2D eigenvalue weighted by atomic mass is 10.1. The van der Waals surface area contributed by atoms with Gasteiger partial charge in [-0.1, -0.05) is 29.8 Å². The van der Waals surface area contributed by atoms with Gasteiger partial charge < -0.3 is 5.32 Å². The van der Waals surface area contributed by atoms with Crippen LogP contribution in [0.3, 0.4) is 0 Å². The van der Waals surface area contributed by atoms with Crippen molar-refractivity contribution < 1.29 is 4.79 Å². The smallest absolute Gasteiger partial charge is 0.271 e. The topological polar surface area (TPSA) is 42.0 Å². The summed E-state index contributed by atoms with van der Waals surface area (Å²) in [6.07, 6.45) is 0. The molecule has 0 aliphatic heterocycles. The minimum atomic E-state index is -0.0856. The van der Waals surface area contributed by atoms with Crippen LogP contribution in [0.1, 0.15) is 29.3 Å². The van der Waals surface area contributed by atoms with Crippen LogP contribution in [-0.2, 0) is 0 Å². The Morgan fingerprint density at radius 2 is 2.33 bits per heavy atom. The minimum Gasteiger partial charge on any atom is -0.347 e. The van der Waals surface area contributed by atoms with Crippen molar-refractivity contribution in [2.75, 3.05) is 5.33 Å². The number of aromatic nitrogens is 1. The number of nitrogens with one attached hydrogen (secondary N) is 1. The first-order valence-corrected chi connectivity index (χ1v) is 6.83.